The van der Waals surface area contributed by atoms with Crippen molar-refractivity contribution in [3.63, 3.8) is 0 Å². The van der Waals surface area contributed by atoms with Crippen LogP contribution in [0.1, 0.15) is 24.3 Å². The zero-order valence-electron chi connectivity index (χ0n) is 16.5. The first-order valence-electron chi connectivity index (χ1n) is 9.27. The molecule has 2 heterocycles. The van der Waals surface area contributed by atoms with Gasteiger partial charge in [-0.15, -0.1) is 0 Å². The van der Waals surface area contributed by atoms with Crippen LogP contribution in [-0.2, 0) is 23.8 Å². The van der Waals surface area contributed by atoms with Gasteiger partial charge in [-0.1, -0.05) is 17.7 Å². The van der Waals surface area contributed by atoms with Gasteiger partial charge in [-0.05, 0) is 24.5 Å². The fraction of sp³-hybridized carbons (Fsp3) is 0.400. The van der Waals surface area contributed by atoms with Crippen molar-refractivity contribution in [3.8, 4) is 0 Å². The number of rotatable bonds is 6. The molecule has 1 aromatic rings. The van der Waals surface area contributed by atoms with Crippen molar-refractivity contribution in [1.29, 1.82) is 0 Å². The zero-order chi connectivity index (χ0) is 21.8. The van der Waals surface area contributed by atoms with Gasteiger partial charge in [-0.3, -0.25) is 10.1 Å². The fourth-order valence-corrected chi connectivity index (χ4v) is 3.81. The summed E-state index contributed by atoms with van der Waals surface area (Å²) in [6.45, 7) is 1.10. The molecule has 0 radical (unpaired) electrons. The molecule has 0 saturated carbocycles. The number of hydrogen-bond acceptors (Lipinski definition) is 8. The van der Waals surface area contributed by atoms with Crippen LogP contribution in [0.15, 0.2) is 41.7 Å². The minimum atomic E-state index is -0.915. The van der Waals surface area contributed by atoms with E-state index in [0.29, 0.717) is 18.7 Å². The van der Waals surface area contributed by atoms with Crippen molar-refractivity contribution in [2.45, 2.75) is 24.9 Å². The largest absolute Gasteiger partial charge is 0.466 e. The number of methoxy groups -OCH3 is 2. The van der Waals surface area contributed by atoms with E-state index in [9.17, 15) is 19.7 Å². The van der Waals surface area contributed by atoms with E-state index in [-0.39, 0.29) is 28.0 Å². The van der Waals surface area contributed by atoms with Crippen molar-refractivity contribution >= 4 is 29.2 Å². The fourth-order valence-electron chi connectivity index (χ4n) is 3.63. The van der Waals surface area contributed by atoms with E-state index in [1.807, 2.05) is 0 Å². The molecule has 1 fully saturated rings. The van der Waals surface area contributed by atoms with Crippen molar-refractivity contribution in [2.24, 2.45) is 0 Å². The summed E-state index contributed by atoms with van der Waals surface area (Å²) in [6, 6.07) is 4.14. The number of ether oxygens (including phenoxy) is 3. The van der Waals surface area contributed by atoms with Gasteiger partial charge in [0.1, 0.15) is 5.02 Å². The first kappa shape index (κ1) is 21.8. The molecule has 0 unspecified atom stereocenters. The molecule has 0 amide bonds. The number of benzene rings is 1. The van der Waals surface area contributed by atoms with Crippen molar-refractivity contribution < 1.29 is 28.7 Å². The Labute approximate surface area is 178 Å². The van der Waals surface area contributed by atoms with Gasteiger partial charge in [0, 0.05) is 31.6 Å². The molecule has 1 aromatic carbocycles. The number of carbonyl (C=O) groups excluding carboxylic acids is 2. The second-order valence-corrected chi connectivity index (χ2v) is 7.29. The van der Waals surface area contributed by atoms with Gasteiger partial charge < -0.3 is 19.1 Å². The second-order valence-electron chi connectivity index (χ2n) is 6.88. The molecule has 0 spiro atoms. The number of esters is 2. The smallest absolute Gasteiger partial charge is 0.336 e. The normalized spacial score (nSPS) is 19.2. The quantitative estimate of drug-likeness (QED) is 0.380. The first-order chi connectivity index (χ1) is 14.3. The maximum Gasteiger partial charge on any atom is 0.336 e. The molecule has 1 saturated heterocycles. The molecule has 2 aliphatic rings. The Kier molecular flexibility index (Phi) is 6.73. The van der Waals surface area contributed by atoms with Gasteiger partial charge in [0.05, 0.1) is 42.3 Å². The highest BCUT2D eigenvalue weighted by molar-refractivity contribution is 6.32. The zero-order valence-corrected chi connectivity index (χ0v) is 17.3. The first-order valence-corrected chi connectivity index (χ1v) is 9.64. The predicted octanol–water partition coefficient (Wildman–Crippen LogP) is 2.94. The maximum atomic E-state index is 12.6. The van der Waals surface area contributed by atoms with Gasteiger partial charge in [0.25, 0.3) is 5.69 Å². The lowest BCUT2D eigenvalue weighted by Gasteiger charge is -2.31. The highest BCUT2D eigenvalue weighted by Crippen LogP contribution is 2.39. The van der Waals surface area contributed by atoms with Crippen LogP contribution >= 0.6 is 11.6 Å². The summed E-state index contributed by atoms with van der Waals surface area (Å²) < 4.78 is 15.5. The topological polar surface area (TPSA) is 108 Å². The van der Waals surface area contributed by atoms with E-state index in [1.165, 1.54) is 32.4 Å². The molecule has 0 bridgehead atoms. The lowest BCUT2D eigenvalue weighted by atomic mass is 9.83. The summed E-state index contributed by atoms with van der Waals surface area (Å²) in [7, 11) is 2.45. The van der Waals surface area contributed by atoms with E-state index in [4.69, 9.17) is 25.8 Å². The van der Waals surface area contributed by atoms with E-state index in [2.05, 4.69) is 0 Å². The number of nitro groups is 1. The number of nitro benzene ring substituents is 1. The monoisotopic (exact) mass is 436 g/mol. The van der Waals surface area contributed by atoms with Crippen LogP contribution in [0.4, 0.5) is 5.69 Å². The number of carbonyl (C=O) groups is 2. The molecule has 160 valence electrons. The third kappa shape index (κ3) is 4.47. The summed E-state index contributed by atoms with van der Waals surface area (Å²) in [5, 5.41) is 11.3. The Bertz CT molecular complexity index is 888. The van der Waals surface area contributed by atoms with Crippen LogP contribution in [0.3, 0.4) is 0 Å². The summed E-state index contributed by atoms with van der Waals surface area (Å²) in [5.41, 5.74) is 0.311. The Morgan fingerprint density at radius 2 is 1.87 bits per heavy atom. The highest BCUT2D eigenvalue weighted by Gasteiger charge is 2.36. The Balaban J connectivity index is 2.08. The summed E-state index contributed by atoms with van der Waals surface area (Å²) in [6.07, 6.45) is 4.92. The summed E-state index contributed by atoms with van der Waals surface area (Å²) in [5.74, 6) is -2.24. The molecule has 9 nitrogen and oxygen atoms in total. The predicted molar refractivity (Wildman–Crippen MR) is 107 cm³/mol. The van der Waals surface area contributed by atoms with Gasteiger partial charge in [-0.2, -0.15) is 0 Å². The van der Waals surface area contributed by atoms with Gasteiger partial charge in [0.2, 0.25) is 0 Å². The van der Waals surface area contributed by atoms with E-state index >= 15 is 0 Å². The number of nitrogens with zero attached hydrogens (tertiary/aromatic N) is 2. The molecular weight excluding hydrogens is 416 g/mol. The number of hydrogen-bond donors (Lipinski definition) is 0. The standard InChI is InChI=1S/C20H21ClN2O7/c1-28-19(24)14-10-22(9-13-4-3-7-30-13)11-15(20(25)29-2)18(14)12-5-6-16(21)17(8-12)23(26)27/h5-6,8,10-11,13,18H,3-4,7,9H2,1-2H3/t13-/m1/s1. The maximum absolute atomic E-state index is 12.6. The lowest BCUT2D eigenvalue weighted by Crippen LogP contribution is -2.32. The SMILES string of the molecule is COC(=O)C1=CN(C[C@H]2CCCO2)C=C(C(=O)OC)C1c1ccc(Cl)c([N+](=O)[O-])c1. The average molecular weight is 437 g/mol. The van der Waals surface area contributed by atoms with Crippen LogP contribution in [0.5, 0.6) is 0 Å². The van der Waals surface area contributed by atoms with Crippen LogP contribution in [0, 0.1) is 10.1 Å². The molecule has 3 rings (SSSR count). The van der Waals surface area contributed by atoms with Crippen LogP contribution in [0.25, 0.3) is 0 Å². The Hall–Kier alpha value is -2.91. The summed E-state index contributed by atoms with van der Waals surface area (Å²) >= 11 is 5.92. The molecule has 0 aromatic heterocycles. The minimum absolute atomic E-state index is 0.0385. The van der Waals surface area contributed by atoms with Crippen LogP contribution in [-0.4, -0.2) is 55.2 Å². The second kappa shape index (κ2) is 9.27. The lowest BCUT2D eigenvalue weighted by molar-refractivity contribution is -0.384. The van der Waals surface area contributed by atoms with Gasteiger partial charge >= 0.3 is 11.9 Å². The molecular formula is C20H21ClN2O7. The molecule has 1 atom stereocenters. The minimum Gasteiger partial charge on any atom is -0.466 e. The van der Waals surface area contributed by atoms with Crippen molar-refractivity contribution in [3.05, 3.63) is 62.4 Å². The third-order valence-electron chi connectivity index (χ3n) is 5.01. The van der Waals surface area contributed by atoms with Crippen molar-refractivity contribution in [1.82, 2.24) is 4.90 Å². The van der Waals surface area contributed by atoms with E-state index in [0.717, 1.165) is 12.8 Å². The van der Waals surface area contributed by atoms with Crippen LogP contribution < -0.4 is 0 Å². The molecule has 0 N–H and O–H groups in total. The molecule has 10 heteroatoms. The summed E-state index contributed by atoms with van der Waals surface area (Å²) in [4.78, 5) is 37.6. The molecule has 2 aliphatic heterocycles. The van der Waals surface area contributed by atoms with Crippen molar-refractivity contribution in [2.75, 3.05) is 27.4 Å². The van der Waals surface area contributed by atoms with Crippen LogP contribution in [0.2, 0.25) is 5.02 Å². The average Bonchev–Trinajstić information content (AvgIpc) is 3.25. The van der Waals surface area contributed by atoms with E-state index < -0.39 is 22.8 Å². The van der Waals surface area contributed by atoms with E-state index in [1.54, 1.807) is 17.3 Å². The molecule has 30 heavy (non-hydrogen) atoms. The Morgan fingerprint density at radius 1 is 1.23 bits per heavy atom. The third-order valence-corrected chi connectivity index (χ3v) is 5.33. The molecule has 0 aliphatic carbocycles. The highest BCUT2D eigenvalue weighted by atomic mass is 35.5. The number of halogens is 1. The van der Waals surface area contributed by atoms with Gasteiger partial charge in [-0.25, -0.2) is 9.59 Å². The Morgan fingerprint density at radius 3 is 2.37 bits per heavy atom. The van der Waals surface area contributed by atoms with Gasteiger partial charge in [0.15, 0.2) is 0 Å².